The lowest BCUT2D eigenvalue weighted by molar-refractivity contribution is 0.0474. The van der Waals surface area contributed by atoms with Crippen LogP contribution < -0.4 is 0 Å². The van der Waals surface area contributed by atoms with Crippen LogP contribution in [0.3, 0.4) is 0 Å². The molecule has 2 aromatic carbocycles. The lowest BCUT2D eigenvalue weighted by atomic mass is 9.97. The fourth-order valence-corrected chi connectivity index (χ4v) is 2.66. The van der Waals surface area contributed by atoms with Crippen LogP contribution in [0.5, 0.6) is 0 Å². The summed E-state index contributed by atoms with van der Waals surface area (Å²) in [5.41, 5.74) is 4.88. The highest BCUT2D eigenvalue weighted by molar-refractivity contribution is 6.01. The molecule has 2 rings (SSSR count). The molecule has 0 atom stereocenters. The molecule has 2 aromatic rings. The summed E-state index contributed by atoms with van der Waals surface area (Å²) in [6.07, 6.45) is 1.70. The van der Waals surface area contributed by atoms with Crippen LogP contribution in [0.1, 0.15) is 43.0 Å². The molecule has 3 heteroatoms. The standard InChI is InChI=1S/C20H20O3/c1-5-16-6-8-17(9-7-16)20(22)23-12-18(21)19-14(3)10-13(2)11-15(19)4/h5-11H,1,12H2,2-4H3. The Morgan fingerprint density at radius 3 is 2.13 bits per heavy atom. The zero-order chi connectivity index (χ0) is 17.0. The third-order valence-corrected chi connectivity index (χ3v) is 3.67. The van der Waals surface area contributed by atoms with Crippen LogP contribution in [0, 0.1) is 20.8 Å². The van der Waals surface area contributed by atoms with Crippen molar-refractivity contribution in [3.8, 4) is 0 Å². The van der Waals surface area contributed by atoms with Crippen LogP contribution in [-0.4, -0.2) is 18.4 Å². The molecule has 0 unspecified atom stereocenters. The van der Waals surface area contributed by atoms with Crippen LogP contribution in [0.4, 0.5) is 0 Å². The molecule has 0 N–H and O–H groups in total. The quantitative estimate of drug-likeness (QED) is 0.611. The van der Waals surface area contributed by atoms with Gasteiger partial charge < -0.3 is 4.74 Å². The Morgan fingerprint density at radius 1 is 1.04 bits per heavy atom. The molecule has 3 nitrogen and oxygen atoms in total. The number of hydrogen-bond acceptors (Lipinski definition) is 3. The van der Waals surface area contributed by atoms with E-state index in [1.165, 1.54) is 0 Å². The van der Waals surface area contributed by atoms with Crippen LogP contribution in [0.2, 0.25) is 0 Å². The van der Waals surface area contributed by atoms with Gasteiger partial charge in [0.1, 0.15) is 0 Å². The summed E-state index contributed by atoms with van der Waals surface area (Å²) < 4.78 is 5.14. The zero-order valence-electron chi connectivity index (χ0n) is 13.7. The largest absolute Gasteiger partial charge is 0.454 e. The van der Waals surface area contributed by atoms with Gasteiger partial charge in [0.15, 0.2) is 6.61 Å². The van der Waals surface area contributed by atoms with E-state index in [1.807, 2.05) is 32.9 Å². The average molecular weight is 308 g/mol. The van der Waals surface area contributed by atoms with Crippen molar-refractivity contribution >= 4 is 17.8 Å². The SMILES string of the molecule is C=Cc1ccc(C(=O)OCC(=O)c2c(C)cc(C)cc2C)cc1. The first-order chi connectivity index (χ1) is 10.9. The van der Waals surface area contributed by atoms with E-state index in [4.69, 9.17) is 4.74 Å². The second kappa shape index (κ2) is 7.05. The number of carbonyl (C=O) groups excluding carboxylic acids is 2. The topological polar surface area (TPSA) is 43.4 Å². The van der Waals surface area contributed by atoms with Crippen molar-refractivity contribution in [3.63, 3.8) is 0 Å². The van der Waals surface area contributed by atoms with Crippen molar-refractivity contribution < 1.29 is 14.3 Å². The zero-order valence-corrected chi connectivity index (χ0v) is 13.7. The molecule has 0 saturated heterocycles. The maximum atomic E-state index is 12.3. The van der Waals surface area contributed by atoms with Crippen molar-refractivity contribution in [3.05, 3.63) is 76.4 Å². The van der Waals surface area contributed by atoms with E-state index in [0.29, 0.717) is 11.1 Å². The van der Waals surface area contributed by atoms with E-state index in [-0.39, 0.29) is 12.4 Å². The molecule has 0 aliphatic heterocycles. The van der Waals surface area contributed by atoms with Gasteiger partial charge in [0, 0.05) is 5.56 Å². The van der Waals surface area contributed by atoms with Gasteiger partial charge in [-0.3, -0.25) is 4.79 Å². The van der Waals surface area contributed by atoms with Gasteiger partial charge in [-0.15, -0.1) is 0 Å². The summed E-state index contributed by atoms with van der Waals surface area (Å²) in [6, 6.07) is 10.8. The Labute approximate surface area is 136 Å². The van der Waals surface area contributed by atoms with Crippen molar-refractivity contribution in [2.75, 3.05) is 6.61 Å². The van der Waals surface area contributed by atoms with Crippen molar-refractivity contribution in [2.24, 2.45) is 0 Å². The van der Waals surface area contributed by atoms with Gasteiger partial charge in [-0.2, -0.15) is 0 Å². The van der Waals surface area contributed by atoms with E-state index in [2.05, 4.69) is 6.58 Å². The summed E-state index contributed by atoms with van der Waals surface area (Å²) >= 11 is 0. The lowest BCUT2D eigenvalue weighted by Gasteiger charge is -2.11. The van der Waals surface area contributed by atoms with Gasteiger partial charge in [-0.05, 0) is 49.6 Å². The van der Waals surface area contributed by atoms with Crippen molar-refractivity contribution in [1.29, 1.82) is 0 Å². The summed E-state index contributed by atoms with van der Waals surface area (Å²) in [5.74, 6) is -0.688. The number of ketones is 1. The van der Waals surface area contributed by atoms with Crippen LogP contribution >= 0.6 is 0 Å². The molecule has 0 fully saturated rings. The van der Waals surface area contributed by atoms with E-state index in [9.17, 15) is 9.59 Å². The number of ether oxygens (including phenoxy) is 1. The second-order valence-electron chi connectivity index (χ2n) is 5.60. The van der Waals surface area contributed by atoms with Crippen LogP contribution in [0.15, 0.2) is 43.0 Å². The van der Waals surface area contributed by atoms with Crippen molar-refractivity contribution in [1.82, 2.24) is 0 Å². The molecule has 0 radical (unpaired) electrons. The smallest absolute Gasteiger partial charge is 0.338 e. The third kappa shape index (κ3) is 3.95. The van der Waals surface area contributed by atoms with Gasteiger partial charge in [0.05, 0.1) is 5.56 Å². The van der Waals surface area contributed by atoms with E-state index >= 15 is 0 Å². The van der Waals surface area contributed by atoms with Crippen LogP contribution in [0.25, 0.3) is 6.08 Å². The first-order valence-corrected chi connectivity index (χ1v) is 7.43. The molecule has 0 bridgehead atoms. The third-order valence-electron chi connectivity index (χ3n) is 3.67. The lowest BCUT2D eigenvalue weighted by Crippen LogP contribution is -2.16. The predicted molar refractivity (Wildman–Crippen MR) is 91.8 cm³/mol. The van der Waals surface area contributed by atoms with Gasteiger partial charge in [0.25, 0.3) is 0 Å². The minimum absolute atomic E-state index is 0.184. The number of benzene rings is 2. The minimum Gasteiger partial charge on any atom is -0.454 e. The Kier molecular flexibility index (Phi) is 5.12. The molecule has 0 aliphatic rings. The van der Waals surface area contributed by atoms with Gasteiger partial charge in [0.2, 0.25) is 5.78 Å². The summed E-state index contributed by atoms with van der Waals surface area (Å²) in [4.78, 5) is 24.3. The first kappa shape index (κ1) is 16.7. The molecular formula is C20H20O3. The van der Waals surface area contributed by atoms with Gasteiger partial charge >= 0.3 is 5.97 Å². The first-order valence-electron chi connectivity index (χ1n) is 7.43. The molecule has 118 valence electrons. The van der Waals surface area contributed by atoms with Gasteiger partial charge in [-0.1, -0.05) is 42.5 Å². The maximum Gasteiger partial charge on any atom is 0.338 e. The van der Waals surface area contributed by atoms with E-state index in [0.717, 1.165) is 22.3 Å². The molecule has 23 heavy (non-hydrogen) atoms. The summed E-state index contributed by atoms with van der Waals surface area (Å²) in [5, 5.41) is 0. The summed E-state index contributed by atoms with van der Waals surface area (Å²) in [7, 11) is 0. The Balaban J connectivity index is 2.06. The normalized spacial score (nSPS) is 10.2. The number of hydrogen-bond donors (Lipinski definition) is 0. The number of rotatable bonds is 5. The number of Topliss-reactive ketones (excluding diaryl/α,β-unsaturated/α-hetero) is 1. The fourth-order valence-electron chi connectivity index (χ4n) is 2.66. The molecule has 0 aromatic heterocycles. The monoisotopic (exact) mass is 308 g/mol. The number of esters is 1. The number of aryl methyl sites for hydroxylation is 3. The molecule has 0 aliphatic carbocycles. The maximum absolute atomic E-state index is 12.3. The summed E-state index contributed by atoms with van der Waals surface area (Å²) in [6.45, 7) is 9.17. The molecular weight excluding hydrogens is 288 g/mol. The molecule has 0 saturated carbocycles. The molecule has 0 amide bonds. The molecule has 0 heterocycles. The van der Waals surface area contributed by atoms with Crippen LogP contribution in [-0.2, 0) is 4.74 Å². The highest BCUT2D eigenvalue weighted by atomic mass is 16.5. The van der Waals surface area contributed by atoms with E-state index < -0.39 is 5.97 Å². The highest BCUT2D eigenvalue weighted by Gasteiger charge is 2.16. The average Bonchev–Trinajstić information content (AvgIpc) is 2.51. The number of carbonyl (C=O) groups is 2. The highest BCUT2D eigenvalue weighted by Crippen LogP contribution is 2.17. The Bertz CT molecular complexity index is 732. The minimum atomic E-state index is -0.503. The molecule has 0 spiro atoms. The van der Waals surface area contributed by atoms with Crippen molar-refractivity contribution in [2.45, 2.75) is 20.8 Å². The Hall–Kier alpha value is -2.68. The van der Waals surface area contributed by atoms with E-state index in [1.54, 1.807) is 30.3 Å². The fraction of sp³-hybridized carbons (Fsp3) is 0.200. The Morgan fingerprint density at radius 2 is 1.61 bits per heavy atom. The van der Waals surface area contributed by atoms with Gasteiger partial charge in [-0.25, -0.2) is 4.79 Å². The predicted octanol–water partition coefficient (Wildman–Crippen LogP) is 4.29. The second-order valence-corrected chi connectivity index (χ2v) is 5.60.